The third-order valence-corrected chi connectivity index (χ3v) is 4.90. The molecule has 20 heavy (non-hydrogen) atoms. The van der Waals surface area contributed by atoms with Gasteiger partial charge in [0.1, 0.15) is 0 Å². The Bertz CT molecular complexity index is 433. The second-order valence-electron chi connectivity index (χ2n) is 7.15. The molecule has 1 aliphatic heterocycles. The van der Waals surface area contributed by atoms with Gasteiger partial charge in [-0.3, -0.25) is 4.90 Å². The molecule has 112 valence electrons. The number of nitrogens with zero attached hydrogens (tertiary/aromatic N) is 1. The fraction of sp³-hybridized carbons (Fsp3) is 0.667. The summed E-state index contributed by atoms with van der Waals surface area (Å²) in [5.41, 5.74) is 9.41. The first-order valence-electron chi connectivity index (χ1n) is 7.99. The molecule has 2 unspecified atom stereocenters. The van der Waals surface area contributed by atoms with E-state index in [1.165, 1.54) is 30.6 Å². The Morgan fingerprint density at radius 1 is 1.30 bits per heavy atom. The number of aryl methyl sites for hydroxylation is 1. The van der Waals surface area contributed by atoms with Crippen LogP contribution in [0, 0.1) is 11.3 Å². The molecule has 0 aliphatic carbocycles. The van der Waals surface area contributed by atoms with E-state index in [4.69, 9.17) is 5.73 Å². The van der Waals surface area contributed by atoms with Crippen molar-refractivity contribution in [2.75, 3.05) is 19.6 Å². The van der Waals surface area contributed by atoms with Gasteiger partial charge in [0.2, 0.25) is 0 Å². The van der Waals surface area contributed by atoms with Gasteiger partial charge in [-0.15, -0.1) is 0 Å². The smallest absolute Gasteiger partial charge is 0.0473 e. The highest BCUT2D eigenvalue weighted by molar-refractivity contribution is 5.30. The third kappa shape index (κ3) is 3.24. The summed E-state index contributed by atoms with van der Waals surface area (Å²) >= 11 is 0. The van der Waals surface area contributed by atoms with E-state index in [0.29, 0.717) is 18.0 Å². The van der Waals surface area contributed by atoms with Gasteiger partial charge >= 0.3 is 0 Å². The lowest BCUT2D eigenvalue weighted by Gasteiger charge is -2.31. The molecule has 1 fully saturated rings. The van der Waals surface area contributed by atoms with Crippen LogP contribution in [0.1, 0.15) is 51.3 Å². The summed E-state index contributed by atoms with van der Waals surface area (Å²) in [6.07, 6.45) is 2.39. The summed E-state index contributed by atoms with van der Waals surface area (Å²) in [6.45, 7) is 12.4. The molecule has 0 radical (unpaired) electrons. The highest BCUT2D eigenvalue weighted by atomic mass is 15.2. The number of hydrogen-bond acceptors (Lipinski definition) is 2. The van der Waals surface area contributed by atoms with E-state index < -0.39 is 0 Å². The minimum Gasteiger partial charge on any atom is -0.329 e. The topological polar surface area (TPSA) is 29.3 Å². The van der Waals surface area contributed by atoms with E-state index in [-0.39, 0.29) is 0 Å². The summed E-state index contributed by atoms with van der Waals surface area (Å²) in [7, 11) is 0. The molecule has 1 aromatic carbocycles. The van der Waals surface area contributed by atoms with E-state index in [2.05, 4.69) is 56.9 Å². The van der Waals surface area contributed by atoms with E-state index in [1.54, 1.807) is 0 Å². The van der Waals surface area contributed by atoms with E-state index in [9.17, 15) is 0 Å². The Balaban J connectivity index is 2.18. The summed E-state index contributed by atoms with van der Waals surface area (Å²) < 4.78 is 0. The second-order valence-corrected chi connectivity index (χ2v) is 7.15. The van der Waals surface area contributed by atoms with Crippen molar-refractivity contribution in [1.82, 2.24) is 4.90 Å². The summed E-state index contributed by atoms with van der Waals surface area (Å²) in [5, 5.41) is 0. The van der Waals surface area contributed by atoms with Crippen molar-refractivity contribution in [2.45, 2.75) is 46.6 Å². The van der Waals surface area contributed by atoms with Gasteiger partial charge in [-0.1, -0.05) is 52.0 Å². The average molecular weight is 274 g/mol. The van der Waals surface area contributed by atoms with Gasteiger partial charge < -0.3 is 5.73 Å². The van der Waals surface area contributed by atoms with Crippen LogP contribution in [0.4, 0.5) is 0 Å². The summed E-state index contributed by atoms with van der Waals surface area (Å²) in [5.74, 6) is 0.783. The van der Waals surface area contributed by atoms with Crippen molar-refractivity contribution >= 4 is 0 Å². The van der Waals surface area contributed by atoms with Gasteiger partial charge in [0.25, 0.3) is 0 Å². The van der Waals surface area contributed by atoms with Crippen LogP contribution >= 0.6 is 0 Å². The van der Waals surface area contributed by atoms with Gasteiger partial charge in [-0.05, 0) is 41.8 Å². The van der Waals surface area contributed by atoms with Crippen molar-refractivity contribution in [3.63, 3.8) is 0 Å². The number of benzene rings is 1. The van der Waals surface area contributed by atoms with Crippen LogP contribution in [0.3, 0.4) is 0 Å². The normalized spacial score (nSPS) is 22.1. The van der Waals surface area contributed by atoms with Crippen molar-refractivity contribution in [3.8, 4) is 0 Å². The Kier molecular flexibility index (Phi) is 4.87. The molecule has 1 aliphatic rings. The van der Waals surface area contributed by atoms with E-state index in [0.717, 1.165) is 12.3 Å². The molecule has 0 aromatic heterocycles. The molecule has 1 aromatic rings. The first kappa shape index (κ1) is 15.5. The number of nitrogens with two attached hydrogens (primary N) is 1. The number of rotatable bonds is 4. The molecule has 0 spiro atoms. The molecule has 2 nitrogen and oxygen atoms in total. The van der Waals surface area contributed by atoms with E-state index in [1.807, 2.05) is 0 Å². The Morgan fingerprint density at radius 3 is 2.55 bits per heavy atom. The second kappa shape index (κ2) is 6.28. The lowest BCUT2D eigenvalue weighted by atomic mass is 9.80. The maximum absolute atomic E-state index is 6.12. The van der Waals surface area contributed by atoms with Gasteiger partial charge in [0.05, 0.1) is 0 Å². The van der Waals surface area contributed by atoms with Gasteiger partial charge in [0.15, 0.2) is 0 Å². The molecule has 0 bridgehead atoms. The molecule has 2 atom stereocenters. The van der Waals surface area contributed by atoms with Crippen molar-refractivity contribution in [2.24, 2.45) is 17.1 Å². The monoisotopic (exact) mass is 274 g/mol. The zero-order valence-corrected chi connectivity index (χ0v) is 13.5. The molecular formula is C18H30N2. The highest BCUT2D eigenvalue weighted by Gasteiger charge is 2.35. The summed E-state index contributed by atoms with van der Waals surface area (Å²) in [6, 6.07) is 9.18. The largest absolute Gasteiger partial charge is 0.329 e. The van der Waals surface area contributed by atoms with Crippen LogP contribution < -0.4 is 5.73 Å². The molecule has 1 heterocycles. The lowest BCUT2D eigenvalue weighted by Crippen LogP contribution is -2.34. The van der Waals surface area contributed by atoms with Crippen LogP contribution in [-0.4, -0.2) is 24.5 Å². The van der Waals surface area contributed by atoms with Gasteiger partial charge in [-0.25, -0.2) is 0 Å². The zero-order chi connectivity index (χ0) is 14.8. The predicted octanol–water partition coefficient (Wildman–Crippen LogP) is 3.62. The van der Waals surface area contributed by atoms with Crippen LogP contribution in [0.2, 0.25) is 0 Å². The Morgan fingerprint density at radius 2 is 2.00 bits per heavy atom. The SMILES string of the molecule is CCc1ccccc1C(CN)N1CCC(C(C)(C)C)C1. The average Bonchev–Trinajstić information content (AvgIpc) is 2.90. The zero-order valence-electron chi connectivity index (χ0n) is 13.5. The van der Waals surface area contributed by atoms with Crippen molar-refractivity contribution < 1.29 is 0 Å². The minimum absolute atomic E-state index is 0.387. The van der Waals surface area contributed by atoms with Crippen LogP contribution in [0.15, 0.2) is 24.3 Å². The van der Waals surface area contributed by atoms with Crippen molar-refractivity contribution in [3.05, 3.63) is 35.4 Å². The highest BCUT2D eigenvalue weighted by Crippen LogP contribution is 2.37. The van der Waals surface area contributed by atoms with Crippen LogP contribution in [0.25, 0.3) is 0 Å². The quantitative estimate of drug-likeness (QED) is 0.908. The first-order valence-corrected chi connectivity index (χ1v) is 7.99. The van der Waals surface area contributed by atoms with Gasteiger partial charge in [-0.2, -0.15) is 0 Å². The van der Waals surface area contributed by atoms with Gasteiger partial charge in [0, 0.05) is 19.1 Å². The number of hydrogen-bond donors (Lipinski definition) is 1. The third-order valence-electron chi connectivity index (χ3n) is 4.90. The van der Waals surface area contributed by atoms with Crippen LogP contribution in [-0.2, 0) is 6.42 Å². The maximum atomic E-state index is 6.12. The first-order chi connectivity index (χ1) is 9.47. The Hall–Kier alpha value is -0.860. The standard InChI is InChI=1S/C18H30N2/c1-5-14-8-6-7-9-16(14)17(12-19)20-11-10-15(13-20)18(2,3)4/h6-9,15,17H,5,10-13,19H2,1-4H3. The minimum atomic E-state index is 0.387. The molecular weight excluding hydrogens is 244 g/mol. The van der Waals surface area contributed by atoms with Crippen molar-refractivity contribution in [1.29, 1.82) is 0 Å². The van der Waals surface area contributed by atoms with Crippen LogP contribution in [0.5, 0.6) is 0 Å². The fourth-order valence-electron chi connectivity index (χ4n) is 3.43. The predicted molar refractivity (Wildman–Crippen MR) is 86.8 cm³/mol. The molecule has 0 saturated carbocycles. The molecule has 1 saturated heterocycles. The summed E-state index contributed by atoms with van der Waals surface area (Å²) in [4.78, 5) is 2.60. The Labute approximate surface area is 124 Å². The van der Waals surface area contributed by atoms with E-state index >= 15 is 0 Å². The number of likely N-dealkylation sites (tertiary alicyclic amines) is 1. The lowest BCUT2D eigenvalue weighted by molar-refractivity contribution is 0.197. The molecule has 2 rings (SSSR count). The maximum Gasteiger partial charge on any atom is 0.0473 e. The molecule has 2 N–H and O–H groups in total. The molecule has 0 amide bonds. The fourth-order valence-corrected chi connectivity index (χ4v) is 3.43. The molecule has 2 heteroatoms.